The molecule has 19 heavy (non-hydrogen) atoms. The predicted molar refractivity (Wildman–Crippen MR) is 80.8 cm³/mol. The third kappa shape index (κ3) is 3.21. The molecule has 0 atom stereocenters. The molecule has 1 aromatic rings. The molecule has 4 nitrogen and oxygen atoms in total. The van der Waals surface area contributed by atoms with Gasteiger partial charge >= 0.3 is 0 Å². The SMILES string of the molecule is CNc1cnccc1C(=O)NCC1(SC)CCCC1. The average Bonchev–Trinajstić information content (AvgIpc) is 2.94. The van der Waals surface area contributed by atoms with Crippen LogP contribution in [0.3, 0.4) is 0 Å². The van der Waals surface area contributed by atoms with Crippen LogP contribution >= 0.6 is 11.8 Å². The number of nitrogens with zero attached hydrogens (tertiary/aromatic N) is 1. The molecule has 5 heteroatoms. The molecule has 0 radical (unpaired) electrons. The molecule has 1 aliphatic rings. The van der Waals surface area contributed by atoms with Crippen LogP contribution in [-0.4, -0.2) is 35.5 Å². The maximum Gasteiger partial charge on any atom is 0.253 e. The first kappa shape index (κ1) is 14.2. The molecule has 0 aromatic carbocycles. The van der Waals surface area contributed by atoms with E-state index in [1.54, 1.807) is 25.5 Å². The fourth-order valence-corrected chi connectivity index (χ4v) is 3.51. The van der Waals surface area contributed by atoms with Crippen LogP contribution in [0.25, 0.3) is 0 Å². The minimum atomic E-state index is -0.0212. The van der Waals surface area contributed by atoms with E-state index in [1.165, 1.54) is 25.7 Å². The van der Waals surface area contributed by atoms with Gasteiger partial charge in [0.05, 0.1) is 17.4 Å². The Morgan fingerprint density at radius 3 is 2.84 bits per heavy atom. The van der Waals surface area contributed by atoms with Gasteiger partial charge in [0.1, 0.15) is 0 Å². The number of aromatic nitrogens is 1. The van der Waals surface area contributed by atoms with E-state index in [1.807, 2.05) is 11.8 Å². The van der Waals surface area contributed by atoms with Crippen LogP contribution in [0.2, 0.25) is 0 Å². The van der Waals surface area contributed by atoms with Crippen LogP contribution in [0.15, 0.2) is 18.5 Å². The predicted octanol–water partition coefficient (Wildman–Crippen LogP) is 2.53. The van der Waals surface area contributed by atoms with Crippen molar-refractivity contribution in [2.24, 2.45) is 0 Å². The number of nitrogens with one attached hydrogen (secondary N) is 2. The largest absolute Gasteiger partial charge is 0.386 e. The molecule has 104 valence electrons. The lowest BCUT2D eigenvalue weighted by atomic mass is 10.1. The standard InChI is InChI=1S/C14H21N3OS/c1-15-12-9-16-8-5-11(12)13(18)17-10-14(19-2)6-3-4-7-14/h5,8-9,15H,3-4,6-7,10H2,1-2H3,(H,17,18). The molecule has 2 rings (SSSR count). The van der Waals surface area contributed by atoms with Crippen LogP contribution in [0, 0.1) is 0 Å². The second-order valence-corrected chi connectivity index (χ2v) is 6.22. The Kier molecular flexibility index (Phi) is 4.69. The summed E-state index contributed by atoms with van der Waals surface area (Å²) < 4.78 is 0.239. The number of carbonyl (C=O) groups excluding carboxylic acids is 1. The molecule has 0 spiro atoms. The number of hydrogen-bond acceptors (Lipinski definition) is 4. The van der Waals surface area contributed by atoms with Crippen molar-refractivity contribution in [3.05, 3.63) is 24.0 Å². The van der Waals surface area contributed by atoms with E-state index in [0.29, 0.717) is 5.56 Å². The monoisotopic (exact) mass is 279 g/mol. The minimum Gasteiger partial charge on any atom is -0.386 e. The van der Waals surface area contributed by atoms with Crippen molar-refractivity contribution in [1.29, 1.82) is 0 Å². The third-order valence-corrected chi connectivity index (χ3v) is 5.27. The lowest BCUT2D eigenvalue weighted by molar-refractivity contribution is 0.0950. The third-order valence-electron chi connectivity index (χ3n) is 3.85. The number of rotatable bonds is 5. The van der Waals surface area contributed by atoms with E-state index in [-0.39, 0.29) is 10.7 Å². The molecule has 1 fully saturated rings. The highest BCUT2D eigenvalue weighted by Gasteiger charge is 2.33. The number of anilines is 1. The quantitative estimate of drug-likeness (QED) is 0.869. The Balaban J connectivity index is 2.01. The zero-order valence-electron chi connectivity index (χ0n) is 11.5. The molecule has 1 aromatic heterocycles. The van der Waals surface area contributed by atoms with Gasteiger partial charge in [-0.05, 0) is 25.2 Å². The first-order valence-corrected chi connectivity index (χ1v) is 7.88. The van der Waals surface area contributed by atoms with Gasteiger partial charge in [0.2, 0.25) is 0 Å². The second kappa shape index (κ2) is 6.28. The Bertz CT molecular complexity index is 444. The van der Waals surface area contributed by atoms with Gasteiger partial charge in [-0.3, -0.25) is 9.78 Å². The molecule has 0 bridgehead atoms. The highest BCUT2D eigenvalue weighted by molar-refractivity contribution is 8.00. The number of carbonyl (C=O) groups is 1. The van der Waals surface area contributed by atoms with Crippen LogP contribution < -0.4 is 10.6 Å². The molecule has 1 amide bonds. The van der Waals surface area contributed by atoms with Crippen molar-refractivity contribution in [1.82, 2.24) is 10.3 Å². The van der Waals surface area contributed by atoms with E-state index in [4.69, 9.17) is 0 Å². The topological polar surface area (TPSA) is 54.0 Å². The molecule has 1 heterocycles. The van der Waals surface area contributed by atoms with E-state index in [9.17, 15) is 4.79 Å². The van der Waals surface area contributed by atoms with Gasteiger partial charge in [0, 0.05) is 24.5 Å². The Labute approximate surface area is 118 Å². The van der Waals surface area contributed by atoms with Gasteiger partial charge in [-0.1, -0.05) is 12.8 Å². The summed E-state index contributed by atoms with van der Waals surface area (Å²) in [6, 6.07) is 1.75. The molecule has 2 N–H and O–H groups in total. The van der Waals surface area contributed by atoms with Gasteiger partial charge in [-0.2, -0.15) is 11.8 Å². The fourth-order valence-electron chi connectivity index (χ4n) is 2.60. The van der Waals surface area contributed by atoms with Gasteiger partial charge in [0.15, 0.2) is 0 Å². The Morgan fingerprint density at radius 2 is 2.21 bits per heavy atom. The summed E-state index contributed by atoms with van der Waals surface area (Å²) in [6.07, 6.45) is 10.4. The lowest BCUT2D eigenvalue weighted by Gasteiger charge is -2.27. The molecular weight excluding hydrogens is 258 g/mol. The molecule has 0 saturated heterocycles. The van der Waals surface area contributed by atoms with Crippen molar-refractivity contribution < 1.29 is 4.79 Å². The lowest BCUT2D eigenvalue weighted by Crippen LogP contribution is -2.38. The summed E-state index contributed by atoms with van der Waals surface area (Å²) in [5, 5.41) is 6.08. The molecule has 1 saturated carbocycles. The number of pyridine rings is 1. The highest BCUT2D eigenvalue weighted by atomic mass is 32.2. The van der Waals surface area contributed by atoms with E-state index in [0.717, 1.165) is 12.2 Å². The highest BCUT2D eigenvalue weighted by Crippen LogP contribution is 2.39. The second-order valence-electron chi connectivity index (χ2n) is 4.95. The van der Waals surface area contributed by atoms with E-state index >= 15 is 0 Å². The summed E-state index contributed by atoms with van der Waals surface area (Å²) in [5.41, 5.74) is 1.43. The number of thioether (sulfide) groups is 1. The summed E-state index contributed by atoms with van der Waals surface area (Å²) in [6.45, 7) is 0.748. The van der Waals surface area contributed by atoms with Crippen molar-refractivity contribution in [2.75, 3.05) is 25.2 Å². The first-order chi connectivity index (χ1) is 9.21. The van der Waals surface area contributed by atoms with Crippen LogP contribution in [0.1, 0.15) is 36.0 Å². The molecule has 0 aliphatic heterocycles. The van der Waals surface area contributed by atoms with Crippen LogP contribution in [-0.2, 0) is 0 Å². The van der Waals surface area contributed by atoms with Gasteiger partial charge in [-0.15, -0.1) is 0 Å². The zero-order chi connectivity index (χ0) is 13.7. The summed E-state index contributed by atoms with van der Waals surface area (Å²) in [7, 11) is 1.80. The van der Waals surface area contributed by atoms with Crippen LogP contribution in [0.4, 0.5) is 5.69 Å². The smallest absolute Gasteiger partial charge is 0.253 e. The van der Waals surface area contributed by atoms with Crippen molar-refractivity contribution in [2.45, 2.75) is 30.4 Å². The normalized spacial score (nSPS) is 17.2. The van der Waals surface area contributed by atoms with Crippen molar-refractivity contribution in [3.8, 4) is 0 Å². The van der Waals surface area contributed by atoms with Crippen molar-refractivity contribution in [3.63, 3.8) is 0 Å². The fraction of sp³-hybridized carbons (Fsp3) is 0.571. The maximum atomic E-state index is 12.3. The number of amides is 1. The minimum absolute atomic E-state index is 0.0212. The Morgan fingerprint density at radius 1 is 1.47 bits per heavy atom. The maximum absolute atomic E-state index is 12.3. The first-order valence-electron chi connectivity index (χ1n) is 6.66. The average molecular weight is 279 g/mol. The number of hydrogen-bond donors (Lipinski definition) is 2. The molecule has 0 unspecified atom stereocenters. The summed E-state index contributed by atoms with van der Waals surface area (Å²) in [5.74, 6) is -0.0212. The molecule has 1 aliphatic carbocycles. The van der Waals surface area contributed by atoms with Crippen molar-refractivity contribution >= 4 is 23.4 Å². The van der Waals surface area contributed by atoms with E-state index in [2.05, 4.69) is 21.9 Å². The summed E-state index contributed by atoms with van der Waals surface area (Å²) >= 11 is 1.88. The summed E-state index contributed by atoms with van der Waals surface area (Å²) in [4.78, 5) is 16.3. The van der Waals surface area contributed by atoms with Gasteiger partial charge < -0.3 is 10.6 Å². The Hall–Kier alpha value is -1.23. The molecular formula is C14H21N3OS. The van der Waals surface area contributed by atoms with E-state index < -0.39 is 0 Å². The zero-order valence-corrected chi connectivity index (χ0v) is 12.3. The van der Waals surface area contributed by atoms with Gasteiger partial charge in [-0.25, -0.2) is 0 Å². The van der Waals surface area contributed by atoms with Crippen LogP contribution in [0.5, 0.6) is 0 Å². The van der Waals surface area contributed by atoms with Gasteiger partial charge in [0.25, 0.3) is 5.91 Å².